The zero-order chi connectivity index (χ0) is 19.7. The number of carbonyl (C=O) groups is 1. The van der Waals surface area contributed by atoms with E-state index in [1.807, 2.05) is 18.2 Å². The molecule has 2 aromatic rings. The number of benzene rings is 1. The minimum absolute atomic E-state index is 0.299. The van der Waals surface area contributed by atoms with E-state index in [-0.39, 0.29) is 0 Å². The summed E-state index contributed by atoms with van der Waals surface area (Å²) in [5, 5.41) is 9.79. The van der Waals surface area contributed by atoms with Gasteiger partial charge in [0.15, 0.2) is 0 Å². The van der Waals surface area contributed by atoms with Crippen molar-refractivity contribution in [2.45, 2.75) is 46.3 Å². The number of fused-ring (bicyclic) bond motifs is 1. The van der Waals surface area contributed by atoms with Gasteiger partial charge in [-0.1, -0.05) is 24.6 Å². The molecule has 1 aromatic carbocycles. The summed E-state index contributed by atoms with van der Waals surface area (Å²) in [7, 11) is 0. The second-order valence-corrected chi connectivity index (χ2v) is 8.39. The average Bonchev–Trinajstić information content (AvgIpc) is 3.20. The van der Waals surface area contributed by atoms with E-state index in [9.17, 15) is 9.90 Å². The maximum Gasteiger partial charge on any atom is 0.311 e. The summed E-state index contributed by atoms with van der Waals surface area (Å²) in [6.45, 7) is 6.96. The molecule has 0 unspecified atom stereocenters. The monoisotopic (exact) mass is 380 g/mol. The van der Waals surface area contributed by atoms with Crippen LogP contribution in [0.4, 0.5) is 0 Å². The Morgan fingerprint density at radius 2 is 2.11 bits per heavy atom. The Balaban J connectivity index is 1.44. The first kappa shape index (κ1) is 18.9. The summed E-state index contributed by atoms with van der Waals surface area (Å²) in [6.07, 6.45) is 4.69. The van der Waals surface area contributed by atoms with Gasteiger partial charge in [0, 0.05) is 25.8 Å². The summed E-state index contributed by atoms with van der Waals surface area (Å²) in [6, 6.07) is 10.2. The summed E-state index contributed by atoms with van der Waals surface area (Å²) in [5.41, 5.74) is 3.83. The number of carboxylic acid groups (broad SMARTS) is 1. The Bertz CT molecular complexity index is 844. The largest absolute Gasteiger partial charge is 0.487 e. The highest BCUT2D eigenvalue weighted by Crippen LogP contribution is 2.49. The van der Waals surface area contributed by atoms with Crippen molar-refractivity contribution < 1.29 is 14.6 Å². The lowest BCUT2D eigenvalue weighted by molar-refractivity contribution is -0.149. The molecule has 148 valence electrons. The highest BCUT2D eigenvalue weighted by Gasteiger charge is 2.54. The van der Waals surface area contributed by atoms with Crippen LogP contribution in [0.15, 0.2) is 36.5 Å². The Hall–Kier alpha value is -2.40. The van der Waals surface area contributed by atoms with Crippen molar-refractivity contribution in [2.75, 3.05) is 13.1 Å². The number of rotatable bonds is 6. The molecular weight excluding hydrogens is 352 g/mol. The summed E-state index contributed by atoms with van der Waals surface area (Å²) >= 11 is 0. The van der Waals surface area contributed by atoms with E-state index in [1.165, 1.54) is 5.56 Å². The molecule has 1 aliphatic carbocycles. The van der Waals surface area contributed by atoms with Crippen LogP contribution in [0, 0.1) is 25.2 Å². The Kier molecular flexibility index (Phi) is 5.11. The Morgan fingerprint density at radius 1 is 1.32 bits per heavy atom. The fourth-order valence-corrected chi connectivity index (χ4v) is 5.11. The number of aromatic nitrogens is 1. The normalized spacial score (nSPS) is 24.3. The summed E-state index contributed by atoms with van der Waals surface area (Å²) in [5.74, 6) is 0.603. The van der Waals surface area contributed by atoms with Gasteiger partial charge in [0.25, 0.3) is 0 Å². The number of hydrogen-bond acceptors (Lipinski definition) is 4. The molecule has 5 heteroatoms. The average molecular weight is 380 g/mol. The molecule has 1 N–H and O–H groups in total. The van der Waals surface area contributed by atoms with Crippen LogP contribution in [0.1, 0.15) is 41.6 Å². The van der Waals surface area contributed by atoms with Crippen LogP contribution < -0.4 is 4.74 Å². The van der Waals surface area contributed by atoms with Crippen molar-refractivity contribution in [1.82, 2.24) is 9.88 Å². The molecule has 1 saturated heterocycles. The second-order valence-electron chi connectivity index (χ2n) is 8.39. The van der Waals surface area contributed by atoms with Crippen LogP contribution in [0.5, 0.6) is 5.75 Å². The molecule has 2 aliphatic rings. The summed E-state index contributed by atoms with van der Waals surface area (Å²) in [4.78, 5) is 18.5. The molecule has 0 spiro atoms. The Labute approximate surface area is 166 Å². The fraction of sp³-hybridized carbons (Fsp3) is 0.478. The Morgan fingerprint density at radius 3 is 2.75 bits per heavy atom. The minimum Gasteiger partial charge on any atom is -0.487 e. The van der Waals surface area contributed by atoms with Gasteiger partial charge in [-0.15, -0.1) is 0 Å². The van der Waals surface area contributed by atoms with Gasteiger partial charge in [-0.3, -0.25) is 14.7 Å². The number of ether oxygens (including phenoxy) is 1. The first-order chi connectivity index (χ1) is 13.5. The maximum absolute atomic E-state index is 11.9. The fourth-order valence-electron chi connectivity index (χ4n) is 5.11. The highest BCUT2D eigenvalue weighted by atomic mass is 16.5. The van der Waals surface area contributed by atoms with Crippen LogP contribution >= 0.6 is 0 Å². The molecule has 1 aliphatic heterocycles. The lowest BCUT2D eigenvalue weighted by Gasteiger charge is -2.23. The number of likely N-dealkylation sites (tertiary alicyclic amines) is 1. The number of carboxylic acids is 1. The van der Waals surface area contributed by atoms with Crippen molar-refractivity contribution in [3.05, 3.63) is 58.9 Å². The van der Waals surface area contributed by atoms with Crippen LogP contribution in [-0.4, -0.2) is 34.0 Å². The van der Waals surface area contributed by atoms with Crippen molar-refractivity contribution in [3.63, 3.8) is 0 Å². The number of nitrogens with zero attached hydrogens (tertiary/aromatic N) is 2. The first-order valence-corrected chi connectivity index (χ1v) is 10.1. The van der Waals surface area contributed by atoms with E-state index in [2.05, 4.69) is 35.9 Å². The highest BCUT2D eigenvalue weighted by molar-refractivity contribution is 5.76. The van der Waals surface area contributed by atoms with Crippen LogP contribution in [-0.2, 0) is 17.9 Å². The minimum atomic E-state index is -0.608. The molecule has 0 bridgehead atoms. The van der Waals surface area contributed by atoms with Crippen LogP contribution in [0.2, 0.25) is 0 Å². The topological polar surface area (TPSA) is 62.7 Å². The van der Waals surface area contributed by atoms with Crippen molar-refractivity contribution in [2.24, 2.45) is 11.3 Å². The van der Waals surface area contributed by atoms with Gasteiger partial charge in [-0.2, -0.15) is 0 Å². The van der Waals surface area contributed by atoms with Crippen molar-refractivity contribution >= 4 is 5.97 Å². The second kappa shape index (κ2) is 7.55. The molecular formula is C23H28N2O3. The molecule has 2 heterocycles. The predicted molar refractivity (Wildman–Crippen MR) is 107 cm³/mol. The van der Waals surface area contributed by atoms with Crippen molar-refractivity contribution in [1.29, 1.82) is 0 Å². The van der Waals surface area contributed by atoms with Crippen LogP contribution in [0.3, 0.4) is 0 Å². The lowest BCUT2D eigenvalue weighted by atomic mass is 9.81. The molecule has 2 atom stereocenters. The van der Waals surface area contributed by atoms with Gasteiger partial charge in [-0.05, 0) is 61.4 Å². The van der Waals surface area contributed by atoms with Gasteiger partial charge in [-0.25, -0.2) is 0 Å². The third-order valence-electron chi connectivity index (χ3n) is 6.38. The predicted octanol–water partition coefficient (Wildman–Crippen LogP) is 3.96. The van der Waals surface area contributed by atoms with E-state index >= 15 is 0 Å². The van der Waals surface area contributed by atoms with E-state index in [0.717, 1.165) is 54.9 Å². The van der Waals surface area contributed by atoms with Gasteiger partial charge < -0.3 is 9.84 Å². The SMILES string of the molecule is Cc1cc(CN2C[C@@H]3CCC[C@@]3(C(=O)O)C2)cc(C)c1OCc1ccccn1. The van der Waals surface area contributed by atoms with E-state index in [4.69, 9.17) is 4.74 Å². The standard InChI is InChI=1S/C23H28N2O3/c1-16-10-18(11-17(2)21(16)28-14-20-7-3-4-9-24-20)12-25-13-19-6-5-8-23(19,15-25)22(26)27/h3-4,7,9-11,19H,5-6,8,12-15H2,1-2H3,(H,26,27)/t19-,23+/m0/s1. The van der Waals surface area contributed by atoms with E-state index in [0.29, 0.717) is 19.1 Å². The molecule has 0 radical (unpaired) electrons. The summed E-state index contributed by atoms with van der Waals surface area (Å²) < 4.78 is 6.03. The molecule has 28 heavy (non-hydrogen) atoms. The number of aliphatic carboxylic acids is 1. The molecule has 4 rings (SSSR count). The van der Waals surface area contributed by atoms with E-state index < -0.39 is 11.4 Å². The van der Waals surface area contributed by atoms with Crippen LogP contribution in [0.25, 0.3) is 0 Å². The van der Waals surface area contributed by atoms with Crippen molar-refractivity contribution in [3.8, 4) is 5.75 Å². The lowest BCUT2D eigenvalue weighted by Crippen LogP contribution is -2.35. The van der Waals surface area contributed by atoms with Gasteiger partial charge >= 0.3 is 5.97 Å². The third kappa shape index (κ3) is 3.51. The number of aryl methyl sites for hydroxylation is 2. The maximum atomic E-state index is 11.9. The zero-order valence-electron chi connectivity index (χ0n) is 16.6. The van der Waals surface area contributed by atoms with E-state index in [1.54, 1.807) is 6.20 Å². The zero-order valence-corrected chi connectivity index (χ0v) is 16.6. The number of pyridine rings is 1. The molecule has 2 fully saturated rings. The molecule has 0 amide bonds. The van der Waals surface area contributed by atoms with Gasteiger partial charge in [0.2, 0.25) is 0 Å². The molecule has 1 saturated carbocycles. The molecule has 5 nitrogen and oxygen atoms in total. The van der Waals surface area contributed by atoms with Gasteiger partial charge in [0.05, 0.1) is 11.1 Å². The number of hydrogen-bond donors (Lipinski definition) is 1. The van der Waals surface area contributed by atoms with Gasteiger partial charge in [0.1, 0.15) is 12.4 Å². The quantitative estimate of drug-likeness (QED) is 0.822. The first-order valence-electron chi connectivity index (χ1n) is 10.1. The third-order valence-corrected chi connectivity index (χ3v) is 6.38. The smallest absolute Gasteiger partial charge is 0.311 e. The molecule has 1 aromatic heterocycles.